The van der Waals surface area contributed by atoms with Crippen LogP contribution in [0.15, 0.2) is 139 Å². The van der Waals surface area contributed by atoms with Gasteiger partial charge in [0.1, 0.15) is 36.4 Å². The molecular formula is C43H43N3O4. The van der Waals surface area contributed by atoms with Crippen LogP contribution >= 0.6 is 0 Å². The van der Waals surface area contributed by atoms with Gasteiger partial charge in [-0.25, -0.2) is 0 Å². The van der Waals surface area contributed by atoms with E-state index in [1.54, 1.807) is 7.11 Å². The van der Waals surface area contributed by atoms with Crippen LogP contribution < -0.4 is 9.47 Å². The molecule has 0 saturated carbocycles. The largest absolute Gasteiger partial charge is 0.497 e. The quantitative estimate of drug-likeness (QED) is 0.0755. The molecule has 3 atom stereocenters. The van der Waals surface area contributed by atoms with Gasteiger partial charge in [-0.05, 0) is 60.0 Å². The van der Waals surface area contributed by atoms with Gasteiger partial charge in [0.05, 0.1) is 18.5 Å². The summed E-state index contributed by atoms with van der Waals surface area (Å²) >= 11 is 0. The van der Waals surface area contributed by atoms with Gasteiger partial charge in [-0.15, -0.1) is 0 Å². The standard InChI is InChI=1S/C43H43N3O4/c1-31(45-48-30-42-41(49-37-20-18-36(47-2)19-21-37)23-22-40(50-42)33-14-8-4-9-15-33)24-26-46-27-25-39-35(29-46)28-38(32-12-6-3-7-13-32)43(44-39)34-16-10-5-11-17-34/h3-23,28,40-42H,24-27,29-30H2,1-2H3/b45-31+/t40-,41-,42+/m0/s1. The van der Waals surface area contributed by atoms with E-state index in [9.17, 15) is 0 Å². The second-order valence-electron chi connectivity index (χ2n) is 12.8. The number of pyridine rings is 1. The van der Waals surface area contributed by atoms with Crippen molar-refractivity contribution in [2.45, 2.75) is 44.6 Å². The Morgan fingerprint density at radius 2 is 1.52 bits per heavy atom. The van der Waals surface area contributed by atoms with Crippen LogP contribution in [0.3, 0.4) is 0 Å². The van der Waals surface area contributed by atoms with E-state index in [0.29, 0.717) is 0 Å². The second kappa shape index (κ2) is 16.0. The second-order valence-corrected chi connectivity index (χ2v) is 12.8. The monoisotopic (exact) mass is 665 g/mol. The van der Waals surface area contributed by atoms with Gasteiger partial charge in [-0.1, -0.05) is 102 Å². The number of methoxy groups -OCH3 is 1. The van der Waals surface area contributed by atoms with E-state index in [0.717, 1.165) is 66.5 Å². The minimum Gasteiger partial charge on any atom is -0.497 e. The first kappa shape index (κ1) is 33.3. The number of fused-ring (bicyclic) bond motifs is 1. The van der Waals surface area contributed by atoms with Crippen LogP contribution in [-0.2, 0) is 22.5 Å². The molecule has 0 unspecified atom stereocenters. The molecule has 4 aromatic carbocycles. The predicted molar refractivity (Wildman–Crippen MR) is 198 cm³/mol. The zero-order valence-electron chi connectivity index (χ0n) is 28.7. The van der Waals surface area contributed by atoms with Crippen LogP contribution in [0.25, 0.3) is 22.4 Å². The van der Waals surface area contributed by atoms with Gasteiger partial charge in [-0.3, -0.25) is 9.88 Å². The van der Waals surface area contributed by atoms with Crippen molar-refractivity contribution in [3.8, 4) is 33.9 Å². The molecule has 7 heteroatoms. The van der Waals surface area contributed by atoms with E-state index in [4.69, 9.17) is 24.0 Å². The third kappa shape index (κ3) is 8.13. The van der Waals surface area contributed by atoms with Crippen molar-refractivity contribution in [2.75, 3.05) is 26.8 Å². The molecule has 0 fully saturated rings. The Morgan fingerprint density at radius 3 is 2.24 bits per heavy atom. The minimum atomic E-state index is -0.352. The molecule has 0 spiro atoms. The minimum absolute atomic E-state index is 0.187. The van der Waals surface area contributed by atoms with Crippen LogP contribution in [-0.4, -0.2) is 54.6 Å². The Kier molecular flexibility index (Phi) is 10.6. The van der Waals surface area contributed by atoms with Gasteiger partial charge >= 0.3 is 0 Å². The van der Waals surface area contributed by atoms with Crippen LogP contribution in [0.1, 0.15) is 36.3 Å². The average Bonchev–Trinajstić information content (AvgIpc) is 3.18. The number of rotatable bonds is 12. The molecule has 0 radical (unpaired) electrons. The molecule has 1 aromatic heterocycles. The smallest absolute Gasteiger partial charge is 0.147 e. The molecule has 7 rings (SSSR count). The third-order valence-corrected chi connectivity index (χ3v) is 9.25. The van der Waals surface area contributed by atoms with Crippen molar-refractivity contribution < 1.29 is 19.0 Å². The highest BCUT2D eigenvalue weighted by molar-refractivity contribution is 5.82. The molecule has 50 heavy (non-hydrogen) atoms. The molecule has 5 aromatic rings. The molecule has 0 N–H and O–H groups in total. The van der Waals surface area contributed by atoms with E-state index in [2.05, 4.69) is 95.0 Å². The number of oxime groups is 1. The zero-order valence-corrected chi connectivity index (χ0v) is 28.7. The first-order chi connectivity index (χ1) is 24.6. The lowest BCUT2D eigenvalue weighted by atomic mass is 9.94. The number of hydrogen-bond acceptors (Lipinski definition) is 7. The average molecular weight is 666 g/mol. The number of aromatic nitrogens is 1. The van der Waals surface area contributed by atoms with Crippen molar-refractivity contribution in [1.29, 1.82) is 0 Å². The van der Waals surface area contributed by atoms with Gasteiger partial charge in [-0.2, -0.15) is 0 Å². The number of ether oxygens (including phenoxy) is 3. The number of nitrogens with zero attached hydrogens (tertiary/aromatic N) is 3. The van der Waals surface area contributed by atoms with Crippen molar-refractivity contribution >= 4 is 5.71 Å². The van der Waals surface area contributed by atoms with Gasteiger partial charge in [0.2, 0.25) is 0 Å². The summed E-state index contributed by atoms with van der Waals surface area (Å²) < 4.78 is 18.1. The molecule has 7 nitrogen and oxygen atoms in total. The molecule has 0 saturated heterocycles. The van der Waals surface area contributed by atoms with Gasteiger partial charge in [0.25, 0.3) is 0 Å². The Balaban J connectivity index is 0.986. The van der Waals surface area contributed by atoms with Crippen LogP contribution in [0, 0.1) is 0 Å². The highest BCUT2D eigenvalue weighted by Gasteiger charge is 2.31. The maximum atomic E-state index is 6.51. The topological polar surface area (TPSA) is 65.4 Å². The summed E-state index contributed by atoms with van der Waals surface area (Å²) in [6.07, 6.45) is 4.96. The maximum absolute atomic E-state index is 6.51. The maximum Gasteiger partial charge on any atom is 0.147 e. The van der Waals surface area contributed by atoms with Crippen LogP contribution in [0.5, 0.6) is 11.5 Å². The summed E-state index contributed by atoms with van der Waals surface area (Å²) in [6.45, 7) is 5.00. The first-order valence-electron chi connectivity index (χ1n) is 17.3. The van der Waals surface area contributed by atoms with Crippen molar-refractivity contribution in [3.63, 3.8) is 0 Å². The lowest BCUT2D eigenvalue weighted by Crippen LogP contribution is -2.39. The Morgan fingerprint density at radius 1 is 0.840 bits per heavy atom. The Bertz CT molecular complexity index is 1900. The summed E-state index contributed by atoms with van der Waals surface area (Å²) in [6, 6.07) is 41.2. The summed E-state index contributed by atoms with van der Waals surface area (Å²) in [5, 5.41) is 4.51. The fraction of sp³-hybridized carbons (Fsp3) is 0.256. The SMILES string of the molecule is COc1ccc(O[C@H]2C=C[C@@H](c3ccccc3)O[C@@H]2CO/N=C(\C)CCN2CCc3nc(-c4ccccc4)c(-c4ccccc4)cc3C2)cc1. The lowest BCUT2D eigenvalue weighted by Gasteiger charge is -2.32. The normalized spacial score (nSPS) is 19.1. The molecule has 0 aliphatic carbocycles. The van der Waals surface area contributed by atoms with Crippen molar-refractivity contribution in [2.24, 2.45) is 5.16 Å². The van der Waals surface area contributed by atoms with E-state index in [1.807, 2.05) is 55.5 Å². The first-order valence-corrected chi connectivity index (χ1v) is 17.3. The molecule has 2 aliphatic heterocycles. The van der Waals surface area contributed by atoms with E-state index >= 15 is 0 Å². The lowest BCUT2D eigenvalue weighted by molar-refractivity contribution is -0.0878. The summed E-state index contributed by atoms with van der Waals surface area (Å²) in [5.74, 6) is 1.51. The van der Waals surface area contributed by atoms with Crippen LogP contribution in [0.2, 0.25) is 0 Å². The van der Waals surface area contributed by atoms with Gasteiger partial charge in [0, 0.05) is 49.3 Å². The highest BCUT2D eigenvalue weighted by atomic mass is 16.6. The summed E-state index contributed by atoms with van der Waals surface area (Å²) in [5.41, 5.74) is 9.06. The van der Waals surface area contributed by atoms with E-state index in [-0.39, 0.29) is 24.9 Å². The molecule has 0 amide bonds. The number of benzene rings is 4. The van der Waals surface area contributed by atoms with E-state index < -0.39 is 0 Å². The van der Waals surface area contributed by atoms with Crippen molar-refractivity contribution in [1.82, 2.24) is 9.88 Å². The zero-order chi connectivity index (χ0) is 34.1. The number of hydrogen-bond donors (Lipinski definition) is 0. The van der Waals surface area contributed by atoms with Gasteiger partial charge in [0.15, 0.2) is 0 Å². The Hall–Kier alpha value is -5.24. The highest BCUT2D eigenvalue weighted by Crippen LogP contribution is 2.34. The van der Waals surface area contributed by atoms with Gasteiger partial charge < -0.3 is 19.0 Å². The third-order valence-electron chi connectivity index (χ3n) is 9.25. The van der Waals surface area contributed by atoms with E-state index in [1.165, 1.54) is 22.4 Å². The van der Waals surface area contributed by atoms with Crippen molar-refractivity contribution in [3.05, 3.63) is 150 Å². The summed E-state index contributed by atoms with van der Waals surface area (Å²) in [4.78, 5) is 13.7. The predicted octanol–water partition coefficient (Wildman–Crippen LogP) is 8.71. The fourth-order valence-electron chi connectivity index (χ4n) is 6.50. The molecule has 254 valence electrons. The Labute approximate surface area is 294 Å². The molecule has 0 bridgehead atoms. The molecule has 3 heterocycles. The fourth-order valence-corrected chi connectivity index (χ4v) is 6.50. The summed E-state index contributed by atoms with van der Waals surface area (Å²) in [7, 11) is 1.65. The van der Waals surface area contributed by atoms with Crippen LogP contribution in [0.4, 0.5) is 0 Å². The molecular weight excluding hydrogens is 622 g/mol. The molecule has 2 aliphatic rings.